The zero-order valence-electron chi connectivity index (χ0n) is 16.2. The lowest BCUT2D eigenvalue weighted by Crippen LogP contribution is -2.52. The quantitative estimate of drug-likeness (QED) is 0.813. The first-order valence-electron chi connectivity index (χ1n) is 9.70. The molecule has 150 valence electrons. The highest BCUT2D eigenvalue weighted by molar-refractivity contribution is 6.46. The van der Waals surface area contributed by atoms with E-state index >= 15 is 0 Å². The zero-order chi connectivity index (χ0) is 20.4. The standard InChI is InChI=1S/C22H23ClN4O2/c1-15-7-8-18(17(23)13-15)24-19(28)14-27-11-9-22(10-12-27)25-20(21(29)26-22)16-5-3-2-4-6-16/h2-8,13H,9-12,14H2,1H3,(H,24,28)(H,26,29). The molecule has 2 aromatic rings. The average Bonchev–Trinajstić information content (AvgIpc) is 3.03. The van der Waals surface area contributed by atoms with Crippen molar-refractivity contribution in [3.05, 3.63) is 64.7 Å². The lowest BCUT2D eigenvalue weighted by molar-refractivity contribution is -0.119. The molecule has 6 nitrogen and oxygen atoms in total. The Labute approximate surface area is 175 Å². The van der Waals surface area contributed by atoms with E-state index in [1.807, 2.05) is 55.5 Å². The van der Waals surface area contributed by atoms with Crippen LogP contribution in [0.5, 0.6) is 0 Å². The van der Waals surface area contributed by atoms with Crippen LogP contribution < -0.4 is 10.6 Å². The Kier molecular flexibility index (Phi) is 5.39. The second-order valence-electron chi connectivity index (χ2n) is 7.62. The van der Waals surface area contributed by atoms with Gasteiger partial charge in [-0.3, -0.25) is 19.5 Å². The second kappa shape index (κ2) is 7.97. The molecule has 29 heavy (non-hydrogen) atoms. The highest BCUT2D eigenvalue weighted by atomic mass is 35.5. The number of carbonyl (C=O) groups excluding carboxylic acids is 2. The average molecular weight is 411 g/mol. The van der Waals surface area contributed by atoms with Gasteiger partial charge in [-0.2, -0.15) is 0 Å². The Hall–Kier alpha value is -2.70. The summed E-state index contributed by atoms with van der Waals surface area (Å²) >= 11 is 6.19. The van der Waals surface area contributed by atoms with Crippen molar-refractivity contribution in [1.29, 1.82) is 0 Å². The molecule has 4 rings (SSSR count). The summed E-state index contributed by atoms with van der Waals surface area (Å²) in [4.78, 5) is 31.7. The summed E-state index contributed by atoms with van der Waals surface area (Å²) in [7, 11) is 0. The van der Waals surface area contributed by atoms with Gasteiger partial charge in [0.1, 0.15) is 11.4 Å². The Morgan fingerprint density at radius 3 is 2.62 bits per heavy atom. The van der Waals surface area contributed by atoms with Crippen LogP contribution in [0.1, 0.15) is 24.0 Å². The lowest BCUT2D eigenvalue weighted by Gasteiger charge is -2.36. The molecule has 0 aromatic heterocycles. The molecular weight excluding hydrogens is 388 g/mol. The highest BCUT2D eigenvalue weighted by Gasteiger charge is 2.42. The van der Waals surface area contributed by atoms with Crippen molar-refractivity contribution in [1.82, 2.24) is 10.2 Å². The van der Waals surface area contributed by atoms with Crippen LogP contribution in [0.15, 0.2) is 53.5 Å². The maximum absolute atomic E-state index is 12.4. The number of piperidine rings is 1. The molecule has 1 spiro atoms. The first kappa shape index (κ1) is 19.6. The number of carbonyl (C=O) groups is 2. The number of anilines is 1. The number of likely N-dealkylation sites (tertiary alicyclic amines) is 1. The first-order chi connectivity index (χ1) is 13.9. The van der Waals surface area contributed by atoms with E-state index in [1.165, 1.54) is 0 Å². The molecule has 0 atom stereocenters. The summed E-state index contributed by atoms with van der Waals surface area (Å²) < 4.78 is 0. The predicted molar refractivity (Wildman–Crippen MR) is 114 cm³/mol. The molecule has 0 aliphatic carbocycles. The SMILES string of the molecule is Cc1ccc(NC(=O)CN2CCC3(CC2)N=C(c2ccccc2)C(=O)N3)c(Cl)c1. The smallest absolute Gasteiger partial charge is 0.272 e. The minimum absolute atomic E-state index is 0.101. The van der Waals surface area contributed by atoms with Crippen molar-refractivity contribution in [2.45, 2.75) is 25.4 Å². The van der Waals surface area contributed by atoms with Gasteiger partial charge in [-0.25, -0.2) is 0 Å². The molecule has 1 fully saturated rings. The summed E-state index contributed by atoms with van der Waals surface area (Å²) in [6.45, 7) is 3.60. The summed E-state index contributed by atoms with van der Waals surface area (Å²) in [5.74, 6) is -0.230. The molecule has 2 amide bonds. The van der Waals surface area contributed by atoms with E-state index < -0.39 is 5.66 Å². The van der Waals surface area contributed by atoms with Crippen LogP contribution in [0, 0.1) is 6.92 Å². The van der Waals surface area contributed by atoms with Gasteiger partial charge in [-0.05, 0) is 24.6 Å². The van der Waals surface area contributed by atoms with E-state index in [4.69, 9.17) is 16.6 Å². The minimum Gasteiger partial charge on any atom is -0.326 e. The summed E-state index contributed by atoms with van der Waals surface area (Å²) in [5.41, 5.74) is 2.43. The fourth-order valence-corrected chi connectivity index (χ4v) is 4.07. The predicted octanol–water partition coefficient (Wildman–Crippen LogP) is 3.00. The van der Waals surface area contributed by atoms with Crippen LogP contribution in [0.3, 0.4) is 0 Å². The van der Waals surface area contributed by atoms with Crippen LogP contribution in [-0.4, -0.2) is 47.7 Å². The van der Waals surface area contributed by atoms with Crippen molar-refractivity contribution >= 4 is 34.8 Å². The van der Waals surface area contributed by atoms with Crippen molar-refractivity contribution in [2.24, 2.45) is 4.99 Å². The van der Waals surface area contributed by atoms with Crippen LogP contribution in [-0.2, 0) is 9.59 Å². The van der Waals surface area contributed by atoms with Gasteiger partial charge in [0.15, 0.2) is 0 Å². The number of rotatable bonds is 4. The number of halogens is 1. The van der Waals surface area contributed by atoms with Crippen LogP contribution in [0.2, 0.25) is 5.02 Å². The van der Waals surface area contributed by atoms with Gasteiger partial charge in [0.05, 0.1) is 17.3 Å². The van der Waals surface area contributed by atoms with Gasteiger partial charge < -0.3 is 10.6 Å². The Bertz CT molecular complexity index is 966. The van der Waals surface area contributed by atoms with Gasteiger partial charge >= 0.3 is 0 Å². The number of aliphatic imine (C=N–C) groups is 1. The third-order valence-electron chi connectivity index (χ3n) is 5.38. The van der Waals surface area contributed by atoms with Crippen LogP contribution >= 0.6 is 11.6 Å². The van der Waals surface area contributed by atoms with E-state index in [9.17, 15) is 9.59 Å². The largest absolute Gasteiger partial charge is 0.326 e. The number of hydrogen-bond acceptors (Lipinski definition) is 4. The Balaban J connectivity index is 1.35. The van der Waals surface area contributed by atoms with Gasteiger partial charge in [-0.15, -0.1) is 0 Å². The molecule has 7 heteroatoms. The Morgan fingerprint density at radius 2 is 1.93 bits per heavy atom. The summed E-state index contributed by atoms with van der Waals surface area (Å²) in [5, 5.41) is 6.46. The van der Waals surface area contributed by atoms with Crippen LogP contribution in [0.4, 0.5) is 5.69 Å². The van der Waals surface area contributed by atoms with E-state index in [1.54, 1.807) is 0 Å². The van der Waals surface area contributed by atoms with Gasteiger partial charge in [-0.1, -0.05) is 48.0 Å². The van der Waals surface area contributed by atoms with Crippen LogP contribution in [0.25, 0.3) is 0 Å². The molecule has 0 unspecified atom stereocenters. The van der Waals surface area contributed by atoms with Crippen molar-refractivity contribution < 1.29 is 9.59 Å². The fraction of sp³-hybridized carbons (Fsp3) is 0.318. The maximum Gasteiger partial charge on any atom is 0.272 e. The number of hydrogen-bond donors (Lipinski definition) is 2. The molecule has 2 aliphatic heterocycles. The topological polar surface area (TPSA) is 73.8 Å². The molecule has 2 aliphatic rings. The van der Waals surface area contributed by atoms with Crippen molar-refractivity contribution in [2.75, 3.05) is 25.0 Å². The molecule has 0 radical (unpaired) electrons. The van der Waals surface area contributed by atoms with E-state index in [-0.39, 0.29) is 18.4 Å². The monoisotopic (exact) mass is 410 g/mol. The molecule has 2 aromatic carbocycles. The third-order valence-corrected chi connectivity index (χ3v) is 5.70. The molecule has 2 N–H and O–H groups in total. The minimum atomic E-state index is -0.560. The summed E-state index contributed by atoms with van der Waals surface area (Å²) in [6.07, 6.45) is 1.35. The van der Waals surface area contributed by atoms with Gasteiger partial charge in [0, 0.05) is 31.5 Å². The number of aryl methyl sites for hydroxylation is 1. The van der Waals surface area contributed by atoms with E-state index in [0.717, 1.165) is 11.1 Å². The van der Waals surface area contributed by atoms with E-state index in [2.05, 4.69) is 15.5 Å². The van der Waals surface area contributed by atoms with Gasteiger partial charge in [0.25, 0.3) is 5.91 Å². The molecule has 0 saturated carbocycles. The van der Waals surface area contributed by atoms with Crippen molar-refractivity contribution in [3.63, 3.8) is 0 Å². The first-order valence-corrected chi connectivity index (χ1v) is 10.1. The second-order valence-corrected chi connectivity index (χ2v) is 8.03. The third kappa shape index (κ3) is 4.33. The lowest BCUT2D eigenvalue weighted by atomic mass is 9.98. The number of nitrogens with zero attached hydrogens (tertiary/aromatic N) is 2. The fourth-order valence-electron chi connectivity index (χ4n) is 3.79. The molecular formula is C22H23ClN4O2. The summed E-state index contributed by atoms with van der Waals surface area (Å²) in [6, 6.07) is 15.1. The molecule has 2 heterocycles. The highest BCUT2D eigenvalue weighted by Crippen LogP contribution is 2.29. The number of nitrogens with one attached hydrogen (secondary N) is 2. The van der Waals surface area contributed by atoms with E-state index in [0.29, 0.717) is 42.4 Å². The normalized spacial score (nSPS) is 18.4. The van der Waals surface area contributed by atoms with Gasteiger partial charge in [0.2, 0.25) is 5.91 Å². The van der Waals surface area contributed by atoms with Crippen molar-refractivity contribution in [3.8, 4) is 0 Å². The zero-order valence-corrected chi connectivity index (χ0v) is 17.0. The number of amides is 2. The Morgan fingerprint density at radius 1 is 1.21 bits per heavy atom. The maximum atomic E-state index is 12.4. The number of benzene rings is 2. The molecule has 1 saturated heterocycles. The molecule has 0 bridgehead atoms.